The molecule has 3 heteroatoms. The predicted molar refractivity (Wildman–Crippen MR) is 73.9 cm³/mol. The smallest absolute Gasteiger partial charge is 0.0555 e. The highest BCUT2D eigenvalue weighted by Gasteiger charge is 2.24. The van der Waals surface area contributed by atoms with Crippen LogP contribution in [0.5, 0.6) is 0 Å². The van der Waals surface area contributed by atoms with Crippen LogP contribution < -0.4 is 5.73 Å². The van der Waals surface area contributed by atoms with Crippen LogP contribution in [0.1, 0.15) is 30.2 Å². The van der Waals surface area contributed by atoms with E-state index in [1.807, 2.05) is 0 Å². The first-order chi connectivity index (χ1) is 8.33. The number of nitrogens with two attached hydrogens (primary N) is 1. The zero-order valence-corrected chi connectivity index (χ0v) is 11.2. The Hall–Kier alpha value is -0.820. The molecule has 1 aliphatic carbocycles. The van der Waals surface area contributed by atoms with Crippen LogP contribution in [0.4, 0.5) is 0 Å². The van der Waals surface area contributed by atoms with Crippen molar-refractivity contribution in [3.63, 3.8) is 0 Å². The molecule has 1 fully saturated rings. The molecule has 1 aromatic heterocycles. The molecule has 0 unspecified atom stereocenters. The number of hydrogen-bond acceptors (Lipinski definition) is 3. The maximum absolute atomic E-state index is 5.42. The van der Waals surface area contributed by atoms with Crippen molar-refractivity contribution in [2.45, 2.75) is 26.3 Å². The highest BCUT2D eigenvalue weighted by Crippen LogP contribution is 2.30. The van der Waals surface area contributed by atoms with Crippen molar-refractivity contribution >= 4 is 11.3 Å². The lowest BCUT2D eigenvalue weighted by Crippen LogP contribution is -2.25. The van der Waals surface area contributed by atoms with Gasteiger partial charge in [-0.2, -0.15) is 0 Å². The monoisotopic (exact) mass is 248 g/mol. The fraction of sp³-hybridized carbons (Fsp3) is 0.571. The number of thiophene rings is 1. The third-order valence-electron chi connectivity index (χ3n) is 3.10. The maximum Gasteiger partial charge on any atom is 0.0555 e. The van der Waals surface area contributed by atoms with Gasteiger partial charge in [0.15, 0.2) is 0 Å². The first kappa shape index (κ1) is 12.6. The summed E-state index contributed by atoms with van der Waals surface area (Å²) < 4.78 is 0. The summed E-state index contributed by atoms with van der Waals surface area (Å²) in [6.07, 6.45) is 2.83. The van der Waals surface area contributed by atoms with Crippen LogP contribution in [0.25, 0.3) is 0 Å². The van der Waals surface area contributed by atoms with Crippen molar-refractivity contribution < 1.29 is 0 Å². The van der Waals surface area contributed by atoms with E-state index >= 15 is 0 Å². The molecule has 0 amide bonds. The largest absolute Gasteiger partial charge is 0.320 e. The van der Waals surface area contributed by atoms with E-state index in [-0.39, 0.29) is 0 Å². The fourth-order valence-electron chi connectivity index (χ4n) is 1.89. The van der Waals surface area contributed by atoms with E-state index in [1.165, 1.54) is 24.3 Å². The molecule has 0 spiro atoms. The maximum atomic E-state index is 5.42. The second kappa shape index (κ2) is 6.20. The van der Waals surface area contributed by atoms with Crippen LogP contribution in [0.15, 0.2) is 11.4 Å². The minimum absolute atomic E-state index is 0.439. The van der Waals surface area contributed by atoms with Crippen molar-refractivity contribution in [3.8, 4) is 11.8 Å². The quantitative estimate of drug-likeness (QED) is 0.810. The summed E-state index contributed by atoms with van der Waals surface area (Å²) in [6.45, 7) is 6.09. The van der Waals surface area contributed by atoms with E-state index in [0.29, 0.717) is 6.54 Å². The summed E-state index contributed by atoms with van der Waals surface area (Å²) in [5.41, 5.74) is 6.58. The van der Waals surface area contributed by atoms with Crippen molar-refractivity contribution in [1.29, 1.82) is 0 Å². The molecule has 17 heavy (non-hydrogen) atoms. The molecular formula is C14H20N2S. The van der Waals surface area contributed by atoms with Gasteiger partial charge in [0.05, 0.1) is 6.54 Å². The molecular weight excluding hydrogens is 228 g/mol. The molecule has 0 aromatic carbocycles. The van der Waals surface area contributed by atoms with Crippen LogP contribution in [-0.4, -0.2) is 24.5 Å². The normalized spacial score (nSPS) is 14.8. The average Bonchev–Trinajstić information content (AvgIpc) is 3.05. The van der Waals surface area contributed by atoms with Gasteiger partial charge < -0.3 is 5.73 Å². The number of hydrogen-bond donors (Lipinski definition) is 1. The van der Waals surface area contributed by atoms with Crippen molar-refractivity contribution in [3.05, 3.63) is 21.9 Å². The zero-order valence-electron chi connectivity index (χ0n) is 10.4. The van der Waals surface area contributed by atoms with E-state index in [9.17, 15) is 0 Å². The summed E-state index contributed by atoms with van der Waals surface area (Å²) in [6, 6.07) is 2.10. The molecule has 92 valence electrons. The van der Waals surface area contributed by atoms with Gasteiger partial charge in [-0.1, -0.05) is 18.8 Å². The van der Waals surface area contributed by atoms with Gasteiger partial charge in [-0.25, -0.2) is 0 Å². The van der Waals surface area contributed by atoms with Crippen LogP contribution in [0.2, 0.25) is 0 Å². The molecule has 2 nitrogen and oxygen atoms in total. The lowest BCUT2D eigenvalue weighted by Gasteiger charge is -2.19. The molecule has 0 saturated heterocycles. The third kappa shape index (κ3) is 3.85. The summed E-state index contributed by atoms with van der Waals surface area (Å²) in [5, 5.41) is 2.13. The van der Waals surface area contributed by atoms with Gasteiger partial charge in [0, 0.05) is 23.5 Å². The van der Waals surface area contributed by atoms with Gasteiger partial charge in [-0.15, -0.1) is 11.3 Å². The van der Waals surface area contributed by atoms with E-state index < -0.39 is 0 Å². The van der Waals surface area contributed by atoms with E-state index in [1.54, 1.807) is 11.3 Å². The van der Waals surface area contributed by atoms with Crippen molar-refractivity contribution in [2.24, 2.45) is 11.7 Å². The van der Waals surface area contributed by atoms with Crippen molar-refractivity contribution in [2.75, 3.05) is 19.6 Å². The van der Waals surface area contributed by atoms with Crippen molar-refractivity contribution in [1.82, 2.24) is 4.90 Å². The fourth-order valence-corrected chi connectivity index (χ4v) is 2.77. The van der Waals surface area contributed by atoms with Crippen LogP contribution in [-0.2, 0) is 6.54 Å². The first-order valence-corrected chi connectivity index (χ1v) is 7.19. The summed E-state index contributed by atoms with van der Waals surface area (Å²) in [4.78, 5) is 3.91. The molecule has 0 aliphatic heterocycles. The van der Waals surface area contributed by atoms with Crippen LogP contribution in [0, 0.1) is 17.8 Å². The predicted octanol–water partition coefficient (Wildman–Crippen LogP) is 2.29. The molecule has 0 atom stereocenters. The molecule has 2 rings (SSSR count). The van der Waals surface area contributed by atoms with Gasteiger partial charge in [0.2, 0.25) is 0 Å². The van der Waals surface area contributed by atoms with Crippen LogP contribution >= 0.6 is 11.3 Å². The number of nitrogens with zero attached hydrogens (tertiary/aromatic N) is 1. The summed E-state index contributed by atoms with van der Waals surface area (Å²) in [7, 11) is 0. The highest BCUT2D eigenvalue weighted by molar-refractivity contribution is 7.10. The topological polar surface area (TPSA) is 29.3 Å². The standard InChI is InChI=1S/C14H20N2S/c1-2-16(10-12-5-6-12)11-14-13(4-3-8-15)7-9-17-14/h7,9,12H,2,5-6,8,10-11,15H2,1H3. The minimum atomic E-state index is 0.439. The van der Waals surface area contributed by atoms with E-state index in [4.69, 9.17) is 5.73 Å². The number of rotatable bonds is 5. The Kier molecular flexibility index (Phi) is 4.61. The first-order valence-electron chi connectivity index (χ1n) is 6.31. The molecule has 1 saturated carbocycles. The molecule has 0 radical (unpaired) electrons. The molecule has 1 aromatic rings. The Balaban J connectivity index is 1.97. The van der Waals surface area contributed by atoms with Crippen LogP contribution in [0.3, 0.4) is 0 Å². The SMILES string of the molecule is CCN(Cc1sccc1C#CCN)CC1CC1. The lowest BCUT2D eigenvalue weighted by molar-refractivity contribution is 0.270. The Labute approximate surface area is 108 Å². The Morgan fingerprint density at radius 3 is 3.00 bits per heavy atom. The highest BCUT2D eigenvalue weighted by atomic mass is 32.1. The third-order valence-corrected chi connectivity index (χ3v) is 4.00. The van der Waals surface area contributed by atoms with Gasteiger partial charge in [0.25, 0.3) is 0 Å². The minimum Gasteiger partial charge on any atom is -0.320 e. The molecule has 1 aliphatic rings. The molecule has 0 bridgehead atoms. The molecule has 1 heterocycles. The van der Waals surface area contributed by atoms with Gasteiger partial charge in [-0.05, 0) is 36.8 Å². The Morgan fingerprint density at radius 1 is 1.53 bits per heavy atom. The van der Waals surface area contributed by atoms with E-state index in [2.05, 4.69) is 35.1 Å². The average molecular weight is 248 g/mol. The second-order valence-electron chi connectivity index (χ2n) is 4.53. The van der Waals surface area contributed by atoms with Gasteiger partial charge in [-0.3, -0.25) is 4.90 Å². The Morgan fingerprint density at radius 2 is 2.35 bits per heavy atom. The van der Waals surface area contributed by atoms with Gasteiger partial charge in [0.1, 0.15) is 0 Å². The molecule has 2 N–H and O–H groups in total. The Bertz CT molecular complexity index is 409. The van der Waals surface area contributed by atoms with Gasteiger partial charge >= 0.3 is 0 Å². The summed E-state index contributed by atoms with van der Waals surface area (Å²) >= 11 is 1.81. The second-order valence-corrected chi connectivity index (χ2v) is 5.54. The van der Waals surface area contributed by atoms with E-state index in [0.717, 1.165) is 24.6 Å². The zero-order chi connectivity index (χ0) is 12.1. The lowest BCUT2D eigenvalue weighted by atomic mass is 10.2. The summed E-state index contributed by atoms with van der Waals surface area (Å²) in [5.74, 6) is 7.05.